The van der Waals surface area contributed by atoms with Crippen LogP contribution in [0.15, 0.2) is 60.7 Å². The van der Waals surface area contributed by atoms with Crippen molar-refractivity contribution in [3.63, 3.8) is 0 Å². The summed E-state index contributed by atoms with van der Waals surface area (Å²) < 4.78 is 12.9. The van der Waals surface area contributed by atoms with Crippen LogP contribution in [0, 0.1) is 0 Å². The van der Waals surface area contributed by atoms with E-state index in [0.717, 1.165) is 5.75 Å². The van der Waals surface area contributed by atoms with Crippen molar-refractivity contribution in [2.24, 2.45) is 0 Å². The van der Waals surface area contributed by atoms with Crippen molar-refractivity contribution in [2.75, 3.05) is 0 Å². The Hall–Kier alpha value is -1.58. The van der Waals surface area contributed by atoms with Gasteiger partial charge in [0, 0.05) is 0 Å². The van der Waals surface area contributed by atoms with Crippen molar-refractivity contribution in [1.29, 1.82) is 0 Å². The Morgan fingerprint density at radius 1 is 0.833 bits per heavy atom. The minimum absolute atomic E-state index is 0.0658. The van der Waals surface area contributed by atoms with Crippen molar-refractivity contribution in [1.82, 2.24) is 0 Å². The van der Waals surface area contributed by atoms with Gasteiger partial charge in [0.05, 0.1) is 0 Å². The van der Waals surface area contributed by atoms with Crippen LogP contribution in [-0.4, -0.2) is 14.4 Å². The Kier molecular flexibility index (Phi) is 5.89. The molecule has 0 bridgehead atoms. The summed E-state index contributed by atoms with van der Waals surface area (Å²) in [5, 5.41) is 0.159. The fourth-order valence-electron chi connectivity index (χ4n) is 2.35. The predicted molar refractivity (Wildman–Crippen MR) is 104 cm³/mol. The molecule has 24 heavy (non-hydrogen) atoms. The van der Waals surface area contributed by atoms with Crippen LogP contribution in [0.2, 0.25) is 18.1 Å². The average molecular weight is 343 g/mol. The lowest BCUT2D eigenvalue weighted by atomic mass is 10.1. The zero-order valence-corrected chi connectivity index (χ0v) is 16.7. The highest BCUT2D eigenvalue weighted by molar-refractivity contribution is 6.74. The molecule has 0 aromatic heterocycles. The first kappa shape index (κ1) is 18.8. The summed E-state index contributed by atoms with van der Waals surface area (Å²) in [6.07, 6.45) is -0.142. The first-order valence-electron chi connectivity index (χ1n) is 8.65. The first-order chi connectivity index (χ1) is 11.2. The Morgan fingerprint density at radius 2 is 1.33 bits per heavy atom. The summed E-state index contributed by atoms with van der Waals surface area (Å²) in [6, 6.07) is 20.4. The van der Waals surface area contributed by atoms with Gasteiger partial charge in [-0.25, -0.2) is 0 Å². The molecule has 0 aliphatic carbocycles. The third-order valence-corrected chi connectivity index (χ3v) is 9.30. The Bertz CT molecular complexity index is 617. The highest BCUT2D eigenvalue weighted by atomic mass is 28.4. The van der Waals surface area contributed by atoms with E-state index in [-0.39, 0.29) is 17.2 Å². The molecular formula is C21H30O2Si. The smallest absolute Gasteiger partial charge is 0.193 e. The van der Waals surface area contributed by atoms with Gasteiger partial charge < -0.3 is 9.16 Å². The average Bonchev–Trinajstić information content (AvgIpc) is 2.53. The number of hydrogen-bond donors (Lipinski definition) is 0. The molecule has 0 spiro atoms. The predicted octanol–water partition coefficient (Wildman–Crippen LogP) is 6.22. The maximum atomic E-state index is 6.74. The molecule has 0 radical (unpaired) electrons. The molecule has 0 N–H and O–H groups in total. The number of hydrogen-bond acceptors (Lipinski definition) is 2. The van der Waals surface area contributed by atoms with E-state index in [2.05, 4.69) is 65.1 Å². The number of rotatable bonds is 6. The van der Waals surface area contributed by atoms with Crippen molar-refractivity contribution in [3.8, 4) is 5.75 Å². The van der Waals surface area contributed by atoms with E-state index in [4.69, 9.17) is 9.16 Å². The van der Waals surface area contributed by atoms with Gasteiger partial charge in [0.1, 0.15) is 18.0 Å². The summed E-state index contributed by atoms with van der Waals surface area (Å²) in [5.74, 6) is 0.879. The Balaban J connectivity index is 2.26. The molecule has 2 rings (SSSR count). The van der Waals surface area contributed by atoms with Crippen LogP contribution in [0.4, 0.5) is 0 Å². The highest BCUT2D eigenvalue weighted by Gasteiger charge is 2.41. The summed E-state index contributed by atoms with van der Waals surface area (Å²) in [5.41, 5.74) is 1.17. The summed E-state index contributed by atoms with van der Waals surface area (Å²) in [6.45, 7) is 13.5. The molecule has 0 aliphatic heterocycles. The lowest BCUT2D eigenvalue weighted by Gasteiger charge is -2.41. The van der Waals surface area contributed by atoms with Crippen LogP contribution < -0.4 is 4.74 Å². The third-order valence-electron chi connectivity index (χ3n) is 4.85. The van der Waals surface area contributed by atoms with Gasteiger partial charge in [-0.1, -0.05) is 69.3 Å². The second kappa shape index (κ2) is 7.54. The second-order valence-corrected chi connectivity index (χ2v) is 12.6. The lowest BCUT2D eigenvalue weighted by Crippen LogP contribution is -2.44. The van der Waals surface area contributed by atoms with Crippen molar-refractivity contribution < 1.29 is 9.16 Å². The fraction of sp³-hybridized carbons (Fsp3) is 0.429. The van der Waals surface area contributed by atoms with Gasteiger partial charge in [0.25, 0.3) is 0 Å². The lowest BCUT2D eigenvalue weighted by molar-refractivity contribution is 0.0548. The molecule has 0 aliphatic rings. The van der Waals surface area contributed by atoms with Gasteiger partial charge in [0.15, 0.2) is 8.32 Å². The molecule has 130 valence electrons. The maximum absolute atomic E-state index is 6.74. The Morgan fingerprint density at radius 3 is 1.83 bits per heavy atom. The Labute approximate surface area is 148 Å². The minimum atomic E-state index is -1.91. The molecular weight excluding hydrogens is 312 g/mol. The fourth-order valence-corrected chi connectivity index (χ4v) is 3.66. The van der Waals surface area contributed by atoms with E-state index in [1.807, 2.05) is 36.4 Å². The molecule has 0 saturated carbocycles. The van der Waals surface area contributed by atoms with E-state index in [9.17, 15) is 0 Å². The van der Waals surface area contributed by atoms with E-state index in [1.54, 1.807) is 0 Å². The molecule has 2 aromatic carbocycles. The van der Waals surface area contributed by atoms with Crippen LogP contribution in [0.3, 0.4) is 0 Å². The van der Waals surface area contributed by atoms with Gasteiger partial charge in [-0.15, -0.1) is 0 Å². The molecule has 3 heteroatoms. The van der Waals surface area contributed by atoms with Crippen molar-refractivity contribution in [2.45, 2.75) is 58.0 Å². The van der Waals surface area contributed by atoms with Gasteiger partial charge >= 0.3 is 0 Å². The molecule has 0 amide bonds. The van der Waals surface area contributed by atoms with Gasteiger partial charge in [-0.3, -0.25) is 0 Å². The maximum Gasteiger partial charge on any atom is 0.193 e. The minimum Gasteiger partial charge on any atom is -0.488 e. The van der Waals surface area contributed by atoms with Gasteiger partial charge in [-0.05, 0) is 42.8 Å². The summed E-state index contributed by atoms with van der Waals surface area (Å²) in [7, 11) is -1.91. The molecule has 2 nitrogen and oxygen atoms in total. The summed E-state index contributed by atoms with van der Waals surface area (Å²) >= 11 is 0. The first-order valence-corrected chi connectivity index (χ1v) is 11.6. The molecule has 0 heterocycles. The van der Waals surface area contributed by atoms with Crippen LogP contribution >= 0.6 is 0 Å². The van der Waals surface area contributed by atoms with E-state index < -0.39 is 8.32 Å². The molecule has 2 aromatic rings. The van der Waals surface area contributed by atoms with E-state index in [0.29, 0.717) is 0 Å². The summed E-state index contributed by atoms with van der Waals surface area (Å²) in [4.78, 5) is 0. The number of benzene rings is 2. The molecule has 2 atom stereocenters. The SMILES string of the molecule is C[C@H](Oc1ccccc1)C(O[Si](C)(C)C(C)(C)C)c1ccccc1. The van der Waals surface area contributed by atoms with Crippen LogP contribution in [0.5, 0.6) is 5.75 Å². The largest absolute Gasteiger partial charge is 0.488 e. The normalized spacial score (nSPS) is 14.9. The topological polar surface area (TPSA) is 18.5 Å². The number of para-hydroxylation sites is 1. The van der Waals surface area contributed by atoms with Crippen LogP contribution in [0.1, 0.15) is 39.4 Å². The third kappa shape index (κ3) is 4.71. The highest BCUT2D eigenvalue weighted by Crippen LogP contribution is 2.41. The molecule has 0 saturated heterocycles. The molecule has 1 unspecified atom stereocenters. The van der Waals surface area contributed by atoms with Crippen molar-refractivity contribution in [3.05, 3.63) is 66.2 Å². The van der Waals surface area contributed by atoms with Gasteiger partial charge in [0.2, 0.25) is 0 Å². The van der Waals surface area contributed by atoms with E-state index >= 15 is 0 Å². The zero-order chi connectivity index (χ0) is 17.8. The van der Waals surface area contributed by atoms with Crippen LogP contribution in [0.25, 0.3) is 0 Å². The standard InChI is InChI=1S/C21H30O2Si/c1-17(22-19-15-11-8-12-16-19)20(18-13-9-7-10-14-18)23-24(5,6)21(2,3)4/h7-17,20H,1-6H3/t17-,20?/m0/s1. The van der Waals surface area contributed by atoms with E-state index in [1.165, 1.54) is 5.56 Å². The van der Waals surface area contributed by atoms with Gasteiger partial charge in [-0.2, -0.15) is 0 Å². The second-order valence-electron chi connectivity index (χ2n) is 7.85. The monoisotopic (exact) mass is 342 g/mol. The zero-order valence-electron chi connectivity index (χ0n) is 15.7. The number of ether oxygens (including phenoxy) is 1. The van der Waals surface area contributed by atoms with Crippen LogP contribution in [-0.2, 0) is 4.43 Å². The van der Waals surface area contributed by atoms with Crippen molar-refractivity contribution >= 4 is 8.32 Å². The molecule has 0 fully saturated rings. The quantitative estimate of drug-likeness (QED) is 0.580.